The van der Waals surface area contributed by atoms with Gasteiger partial charge in [0.05, 0.1) is 11.4 Å². The van der Waals surface area contributed by atoms with Gasteiger partial charge in [0.15, 0.2) is 0 Å². The van der Waals surface area contributed by atoms with Crippen molar-refractivity contribution in [1.82, 2.24) is 5.32 Å². The summed E-state index contributed by atoms with van der Waals surface area (Å²) in [4.78, 5) is 14.0. The van der Waals surface area contributed by atoms with Gasteiger partial charge in [0.2, 0.25) is 0 Å². The Morgan fingerprint density at radius 1 is 1.29 bits per heavy atom. The first-order valence-corrected chi connectivity index (χ1v) is 7.98. The summed E-state index contributed by atoms with van der Waals surface area (Å²) in [5.74, 6) is 0.820. The fourth-order valence-electron chi connectivity index (χ4n) is 2.11. The summed E-state index contributed by atoms with van der Waals surface area (Å²) in [6.07, 6.45) is 0.964. The Morgan fingerprint density at radius 2 is 2.10 bits per heavy atom. The minimum atomic E-state index is -0.0179. The molecule has 0 fully saturated rings. The molecule has 4 heteroatoms. The number of rotatable bonds is 6. The molecule has 0 saturated heterocycles. The van der Waals surface area contributed by atoms with Gasteiger partial charge in [0.1, 0.15) is 12.4 Å². The number of amides is 1. The van der Waals surface area contributed by atoms with Crippen molar-refractivity contribution in [3.05, 3.63) is 51.2 Å². The molecule has 0 aliphatic carbocycles. The highest BCUT2D eigenvalue weighted by Gasteiger charge is 2.10. The van der Waals surface area contributed by atoms with E-state index >= 15 is 0 Å². The fraction of sp³-hybridized carbons (Fsp3) is 0.353. The third-order valence-electron chi connectivity index (χ3n) is 3.27. The van der Waals surface area contributed by atoms with E-state index in [1.54, 1.807) is 11.3 Å². The van der Waals surface area contributed by atoms with Crippen LogP contribution in [0.2, 0.25) is 0 Å². The molecule has 112 valence electrons. The largest absolute Gasteiger partial charge is 0.492 e. The van der Waals surface area contributed by atoms with Crippen LogP contribution in [0.5, 0.6) is 5.75 Å². The molecule has 1 aromatic heterocycles. The summed E-state index contributed by atoms with van der Waals surface area (Å²) in [7, 11) is 0. The molecular weight excluding hydrogens is 282 g/mol. The molecule has 3 nitrogen and oxygen atoms in total. The number of carbonyl (C=O) groups is 1. The van der Waals surface area contributed by atoms with Crippen LogP contribution in [0.3, 0.4) is 0 Å². The summed E-state index contributed by atoms with van der Waals surface area (Å²) < 4.78 is 5.61. The molecule has 1 heterocycles. The van der Waals surface area contributed by atoms with Crippen molar-refractivity contribution in [3.63, 3.8) is 0 Å². The number of hydrogen-bond acceptors (Lipinski definition) is 3. The van der Waals surface area contributed by atoms with Crippen LogP contribution >= 0.6 is 11.3 Å². The lowest BCUT2D eigenvalue weighted by Gasteiger charge is -2.07. The molecule has 0 unspecified atom stereocenters. The molecule has 0 atom stereocenters. The average molecular weight is 303 g/mol. The number of ether oxygens (including phenoxy) is 1. The second kappa shape index (κ2) is 7.27. The molecule has 0 saturated carbocycles. The lowest BCUT2D eigenvalue weighted by molar-refractivity contribution is 0.0951. The van der Waals surface area contributed by atoms with E-state index in [0.29, 0.717) is 13.2 Å². The van der Waals surface area contributed by atoms with E-state index in [9.17, 15) is 4.79 Å². The lowest BCUT2D eigenvalue weighted by atomic mass is 10.2. The van der Waals surface area contributed by atoms with Gasteiger partial charge in [0.25, 0.3) is 5.91 Å². The molecule has 0 radical (unpaired) electrons. The molecule has 2 aromatic rings. The van der Waals surface area contributed by atoms with Crippen molar-refractivity contribution in [2.45, 2.75) is 27.2 Å². The molecule has 1 N–H and O–H groups in total. The second-order valence-electron chi connectivity index (χ2n) is 4.97. The van der Waals surface area contributed by atoms with E-state index < -0.39 is 0 Å². The molecule has 0 bridgehead atoms. The van der Waals surface area contributed by atoms with E-state index in [4.69, 9.17) is 4.74 Å². The molecule has 1 amide bonds. The lowest BCUT2D eigenvalue weighted by Crippen LogP contribution is -2.27. The van der Waals surface area contributed by atoms with Crippen LogP contribution in [-0.2, 0) is 6.42 Å². The highest BCUT2D eigenvalue weighted by Crippen LogP contribution is 2.21. The summed E-state index contributed by atoms with van der Waals surface area (Å²) >= 11 is 1.55. The summed E-state index contributed by atoms with van der Waals surface area (Å²) in [6, 6.07) is 9.88. The van der Waals surface area contributed by atoms with Gasteiger partial charge >= 0.3 is 0 Å². The van der Waals surface area contributed by atoms with E-state index in [-0.39, 0.29) is 5.91 Å². The first-order chi connectivity index (χ1) is 10.1. The van der Waals surface area contributed by atoms with E-state index in [1.165, 1.54) is 10.4 Å². The van der Waals surface area contributed by atoms with Crippen LogP contribution in [0.1, 0.15) is 32.6 Å². The summed E-state index contributed by atoms with van der Waals surface area (Å²) in [5.41, 5.74) is 2.42. The van der Waals surface area contributed by atoms with E-state index in [0.717, 1.165) is 22.6 Å². The minimum Gasteiger partial charge on any atom is -0.492 e. The summed E-state index contributed by atoms with van der Waals surface area (Å²) in [6.45, 7) is 7.16. The zero-order chi connectivity index (χ0) is 15.2. The molecule has 0 aliphatic rings. The number of benzene rings is 1. The van der Waals surface area contributed by atoms with Crippen molar-refractivity contribution in [3.8, 4) is 5.75 Å². The Morgan fingerprint density at radius 3 is 2.76 bits per heavy atom. The highest BCUT2D eigenvalue weighted by atomic mass is 32.1. The normalized spacial score (nSPS) is 10.4. The van der Waals surface area contributed by atoms with Gasteiger partial charge in [-0.15, -0.1) is 11.3 Å². The molecule has 2 rings (SSSR count). The van der Waals surface area contributed by atoms with Crippen LogP contribution in [0.4, 0.5) is 0 Å². The number of nitrogens with one attached hydrogen (secondary N) is 1. The monoisotopic (exact) mass is 303 g/mol. The van der Waals surface area contributed by atoms with Crippen LogP contribution < -0.4 is 10.1 Å². The number of thiophene rings is 1. The predicted molar refractivity (Wildman–Crippen MR) is 87.4 cm³/mol. The first kappa shape index (κ1) is 15.6. The van der Waals surface area contributed by atoms with Crippen molar-refractivity contribution in [1.29, 1.82) is 0 Å². The standard InChI is InChI=1S/C17H21NO2S/c1-4-14-11-16(21-13(14)3)17(19)18-8-9-20-15-7-5-6-12(2)10-15/h5-7,10-11H,4,8-9H2,1-3H3,(H,18,19). The van der Waals surface area contributed by atoms with Crippen molar-refractivity contribution in [2.75, 3.05) is 13.2 Å². The van der Waals surface area contributed by atoms with Gasteiger partial charge < -0.3 is 10.1 Å². The molecule has 0 spiro atoms. The quantitative estimate of drug-likeness (QED) is 0.826. The van der Waals surface area contributed by atoms with Crippen molar-refractivity contribution >= 4 is 17.2 Å². The fourth-order valence-corrected chi connectivity index (χ4v) is 3.14. The van der Waals surface area contributed by atoms with Gasteiger partial charge in [-0.3, -0.25) is 4.79 Å². The Balaban J connectivity index is 1.79. The van der Waals surface area contributed by atoms with Crippen molar-refractivity contribution in [2.24, 2.45) is 0 Å². The van der Waals surface area contributed by atoms with E-state index in [2.05, 4.69) is 19.2 Å². The van der Waals surface area contributed by atoms with Crippen LogP contribution in [0, 0.1) is 13.8 Å². The maximum atomic E-state index is 12.0. The minimum absolute atomic E-state index is 0.0179. The highest BCUT2D eigenvalue weighted by molar-refractivity contribution is 7.14. The van der Waals surface area contributed by atoms with Crippen LogP contribution in [0.25, 0.3) is 0 Å². The SMILES string of the molecule is CCc1cc(C(=O)NCCOc2cccc(C)c2)sc1C. The van der Waals surface area contributed by atoms with E-state index in [1.807, 2.05) is 37.3 Å². The third kappa shape index (κ3) is 4.33. The average Bonchev–Trinajstić information content (AvgIpc) is 2.85. The zero-order valence-corrected chi connectivity index (χ0v) is 13.5. The van der Waals surface area contributed by atoms with Crippen LogP contribution in [0.15, 0.2) is 30.3 Å². The molecule has 1 aromatic carbocycles. The Hall–Kier alpha value is -1.81. The second-order valence-corrected chi connectivity index (χ2v) is 6.22. The number of aryl methyl sites for hydroxylation is 3. The maximum Gasteiger partial charge on any atom is 0.261 e. The Bertz CT molecular complexity index is 619. The first-order valence-electron chi connectivity index (χ1n) is 7.17. The molecule has 21 heavy (non-hydrogen) atoms. The topological polar surface area (TPSA) is 38.3 Å². The predicted octanol–water partition coefficient (Wildman–Crippen LogP) is 3.74. The molecule has 0 aliphatic heterocycles. The van der Waals surface area contributed by atoms with Gasteiger partial charge in [0, 0.05) is 4.88 Å². The Kier molecular flexibility index (Phi) is 5.39. The maximum absolute atomic E-state index is 12.0. The van der Waals surface area contributed by atoms with Crippen molar-refractivity contribution < 1.29 is 9.53 Å². The molecular formula is C17H21NO2S. The smallest absolute Gasteiger partial charge is 0.261 e. The van der Waals surface area contributed by atoms with Gasteiger partial charge in [-0.05, 0) is 49.6 Å². The summed E-state index contributed by atoms with van der Waals surface area (Å²) in [5, 5.41) is 2.89. The van der Waals surface area contributed by atoms with Gasteiger partial charge in [-0.1, -0.05) is 19.1 Å². The third-order valence-corrected chi connectivity index (χ3v) is 4.36. The zero-order valence-electron chi connectivity index (χ0n) is 12.7. The van der Waals surface area contributed by atoms with Gasteiger partial charge in [-0.25, -0.2) is 0 Å². The van der Waals surface area contributed by atoms with Gasteiger partial charge in [-0.2, -0.15) is 0 Å². The Labute approximate surface area is 130 Å². The number of hydrogen-bond donors (Lipinski definition) is 1. The van der Waals surface area contributed by atoms with Crippen LogP contribution in [-0.4, -0.2) is 19.1 Å². The number of carbonyl (C=O) groups excluding carboxylic acids is 1.